The molecule has 2 aromatic heterocycles. The number of aryl methyl sites for hydroxylation is 1. The van der Waals surface area contributed by atoms with Crippen molar-refractivity contribution in [3.05, 3.63) is 17.7 Å². The van der Waals surface area contributed by atoms with Crippen LogP contribution in [0.15, 0.2) is 10.7 Å². The zero-order valence-electron chi connectivity index (χ0n) is 16.3. The van der Waals surface area contributed by atoms with Crippen LogP contribution in [-0.4, -0.2) is 39.4 Å². The van der Waals surface area contributed by atoms with Crippen molar-refractivity contribution < 1.29 is 9.21 Å². The van der Waals surface area contributed by atoms with E-state index < -0.39 is 0 Å². The molecule has 3 aliphatic rings. The number of hydrogen-bond acceptors (Lipinski definition) is 5. The molecule has 1 amide bonds. The first-order valence-corrected chi connectivity index (χ1v) is 10.4. The lowest BCUT2D eigenvalue weighted by Crippen LogP contribution is -2.44. The summed E-state index contributed by atoms with van der Waals surface area (Å²) >= 11 is 0. The van der Waals surface area contributed by atoms with Crippen molar-refractivity contribution in [2.75, 3.05) is 18.4 Å². The Balaban J connectivity index is 1.48. The third-order valence-electron chi connectivity index (χ3n) is 6.88. The molecule has 0 radical (unpaired) electrons. The van der Waals surface area contributed by atoms with Gasteiger partial charge in [-0.25, -0.2) is 9.97 Å². The average molecular weight is 368 g/mol. The van der Waals surface area contributed by atoms with Gasteiger partial charge in [0.1, 0.15) is 17.9 Å². The molecule has 3 fully saturated rings. The van der Waals surface area contributed by atoms with E-state index in [4.69, 9.17) is 4.42 Å². The van der Waals surface area contributed by atoms with Crippen LogP contribution in [0.3, 0.4) is 0 Å². The second-order valence-corrected chi connectivity index (χ2v) is 8.97. The minimum atomic E-state index is 0.0766. The number of piperidine rings is 1. The summed E-state index contributed by atoms with van der Waals surface area (Å²) < 4.78 is 5.85. The van der Waals surface area contributed by atoms with E-state index >= 15 is 0 Å². The Morgan fingerprint density at radius 2 is 2.00 bits per heavy atom. The molecule has 0 unspecified atom stereocenters. The summed E-state index contributed by atoms with van der Waals surface area (Å²) in [6.07, 6.45) is 10.1. The Hall–Kier alpha value is -2.11. The summed E-state index contributed by atoms with van der Waals surface area (Å²) in [5.41, 5.74) is 1.23. The molecule has 3 heterocycles. The Morgan fingerprint density at radius 1 is 1.22 bits per heavy atom. The van der Waals surface area contributed by atoms with Gasteiger partial charge in [-0.2, -0.15) is 0 Å². The highest BCUT2D eigenvalue weighted by Gasteiger charge is 2.39. The van der Waals surface area contributed by atoms with Crippen molar-refractivity contribution in [2.45, 2.75) is 64.3 Å². The number of anilines is 1. The smallest absolute Gasteiger partial charge is 0.258 e. The molecule has 0 aromatic carbocycles. The molecule has 0 spiro atoms. The third kappa shape index (κ3) is 2.99. The highest BCUT2D eigenvalue weighted by Crippen LogP contribution is 2.41. The van der Waals surface area contributed by atoms with Crippen molar-refractivity contribution in [1.82, 2.24) is 14.9 Å². The monoisotopic (exact) mass is 368 g/mol. The molecular formula is C21H28N4O2. The molecule has 2 aliphatic carbocycles. The molecule has 0 bridgehead atoms. The van der Waals surface area contributed by atoms with Crippen LogP contribution in [0.5, 0.6) is 0 Å². The fourth-order valence-corrected chi connectivity index (χ4v) is 4.94. The van der Waals surface area contributed by atoms with Gasteiger partial charge >= 0.3 is 0 Å². The number of likely N-dealkylation sites (tertiary alicyclic amines) is 1. The zero-order chi connectivity index (χ0) is 18.6. The van der Waals surface area contributed by atoms with Gasteiger partial charge in [-0.15, -0.1) is 0 Å². The van der Waals surface area contributed by atoms with E-state index in [0.717, 1.165) is 49.5 Å². The molecule has 1 N–H and O–H groups in total. The minimum Gasteiger partial charge on any atom is -0.442 e. The molecule has 6 heteroatoms. The molecule has 1 aliphatic heterocycles. The van der Waals surface area contributed by atoms with E-state index in [-0.39, 0.29) is 11.4 Å². The van der Waals surface area contributed by atoms with Crippen molar-refractivity contribution in [3.8, 4) is 0 Å². The van der Waals surface area contributed by atoms with Crippen LogP contribution in [0.1, 0.15) is 68.0 Å². The lowest BCUT2D eigenvalue weighted by atomic mass is 9.75. The third-order valence-corrected chi connectivity index (χ3v) is 6.88. The number of amides is 1. The average Bonchev–Trinajstić information content (AvgIpc) is 3.29. The van der Waals surface area contributed by atoms with Crippen molar-refractivity contribution in [2.24, 2.45) is 11.8 Å². The summed E-state index contributed by atoms with van der Waals surface area (Å²) in [6, 6.07) is 0. The number of hydrogen-bond donors (Lipinski definition) is 1. The van der Waals surface area contributed by atoms with Crippen LogP contribution in [-0.2, 0) is 0 Å². The van der Waals surface area contributed by atoms with Gasteiger partial charge in [-0.3, -0.25) is 4.79 Å². The minimum absolute atomic E-state index is 0.0766. The van der Waals surface area contributed by atoms with E-state index in [0.29, 0.717) is 23.0 Å². The topological polar surface area (TPSA) is 71.3 Å². The van der Waals surface area contributed by atoms with Crippen LogP contribution in [0.4, 0.5) is 5.82 Å². The van der Waals surface area contributed by atoms with Gasteiger partial charge in [0.2, 0.25) is 5.71 Å². The van der Waals surface area contributed by atoms with E-state index in [1.54, 1.807) is 0 Å². The molecular weight excluding hydrogens is 340 g/mol. The van der Waals surface area contributed by atoms with Crippen molar-refractivity contribution >= 4 is 22.8 Å². The van der Waals surface area contributed by atoms with Crippen LogP contribution in [0.2, 0.25) is 0 Å². The summed E-state index contributed by atoms with van der Waals surface area (Å²) in [5.74, 6) is 2.92. The number of furan rings is 1. The summed E-state index contributed by atoms with van der Waals surface area (Å²) in [4.78, 5) is 24.3. The quantitative estimate of drug-likeness (QED) is 0.881. The fraction of sp³-hybridized carbons (Fsp3) is 0.667. The highest BCUT2D eigenvalue weighted by atomic mass is 16.3. The maximum absolute atomic E-state index is 13.5. The largest absolute Gasteiger partial charge is 0.442 e. The number of carbonyl (C=O) groups excluding carboxylic acids is 1. The first-order valence-electron chi connectivity index (χ1n) is 10.4. The maximum Gasteiger partial charge on any atom is 0.258 e. The summed E-state index contributed by atoms with van der Waals surface area (Å²) in [5, 5.41) is 4.26. The number of rotatable bonds is 3. The SMILES string of the molecule is Cc1oc2ncnc(NC3(C)CC3)c2c1C(=O)N1CC[C@H]2CCCC[C@@H]2C1. The normalized spacial score (nSPS) is 26.7. The van der Waals surface area contributed by atoms with Crippen LogP contribution in [0, 0.1) is 18.8 Å². The second kappa shape index (κ2) is 6.21. The molecule has 2 saturated carbocycles. The molecule has 5 rings (SSSR count). The predicted molar refractivity (Wildman–Crippen MR) is 104 cm³/mol. The van der Waals surface area contributed by atoms with Gasteiger partial charge in [0.15, 0.2) is 0 Å². The van der Waals surface area contributed by atoms with Crippen LogP contribution in [0.25, 0.3) is 11.1 Å². The number of fused-ring (bicyclic) bond motifs is 2. The Morgan fingerprint density at radius 3 is 2.78 bits per heavy atom. The van der Waals surface area contributed by atoms with Gasteiger partial charge in [-0.05, 0) is 51.4 Å². The predicted octanol–water partition coefficient (Wildman–Crippen LogP) is 4.15. The molecule has 2 aromatic rings. The molecule has 1 saturated heterocycles. The van der Waals surface area contributed by atoms with Crippen LogP contribution < -0.4 is 5.32 Å². The van der Waals surface area contributed by atoms with Crippen LogP contribution >= 0.6 is 0 Å². The zero-order valence-corrected chi connectivity index (χ0v) is 16.3. The first-order chi connectivity index (χ1) is 13.0. The van der Waals surface area contributed by atoms with Gasteiger partial charge < -0.3 is 14.6 Å². The van der Waals surface area contributed by atoms with Gasteiger partial charge in [0.25, 0.3) is 5.91 Å². The lowest BCUT2D eigenvalue weighted by molar-refractivity contribution is 0.0521. The van der Waals surface area contributed by atoms with E-state index in [1.165, 1.54) is 32.0 Å². The van der Waals surface area contributed by atoms with E-state index in [1.807, 2.05) is 11.8 Å². The standard InChI is InChI=1S/C21H28N4O2/c1-13-16(20(26)25-10-7-14-5-3-4-6-15(14)11-25)17-18(24-21(2)8-9-21)22-12-23-19(17)27-13/h12,14-15H,3-11H2,1-2H3,(H,22,23,24)/t14-,15-/m1/s1. The Labute approximate surface area is 159 Å². The second-order valence-electron chi connectivity index (χ2n) is 8.97. The van der Waals surface area contributed by atoms with Gasteiger partial charge in [0.05, 0.1) is 10.9 Å². The van der Waals surface area contributed by atoms with Gasteiger partial charge in [-0.1, -0.05) is 19.3 Å². The highest BCUT2D eigenvalue weighted by molar-refractivity contribution is 6.10. The Kier molecular flexibility index (Phi) is 3.92. The number of aromatic nitrogens is 2. The van der Waals surface area contributed by atoms with Crippen molar-refractivity contribution in [1.29, 1.82) is 0 Å². The molecule has 144 valence electrons. The van der Waals surface area contributed by atoms with Crippen molar-refractivity contribution in [3.63, 3.8) is 0 Å². The summed E-state index contributed by atoms with van der Waals surface area (Å²) in [6.45, 7) is 5.78. The number of nitrogens with zero attached hydrogens (tertiary/aromatic N) is 3. The summed E-state index contributed by atoms with van der Waals surface area (Å²) in [7, 11) is 0. The first kappa shape index (κ1) is 17.0. The van der Waals surface area contributed by atoms with E-state index in [9.17, 15) is 4.79 Å². The number of carbonyl (C=O) groups is 1. The Bertz CT molecular complexity index is 886. The number of nitrogens with one attached hydrogen (secondary N) is 1. The molecule has 6 nitrogen and oxygen atoms in total. The molecule has 2 atom stereocenters. The fourth-order valence-electron chi connectivity index (χ4n) is 4.94. The molecule has 27 heavy (non-hydrogen) atoms. The lowest BCUT2D eigenvalue weighted by Gasteiger charge is -2.41. The maximum atomic E-state index is 13.5. The van der Waals surface area contributed by atoms with Gasteiger partial charge in [0, 0.05) is 18.6 Å². The van der Waals surface area contributed by atoms with E-state index in [2.05, 4.69) is 22.2 Å².